The van der Waals surface area contributed by atoms with E-state index in [1.165, 1.54) is 12.1 Å². The average Bonchev–Trinajstić information content (AvgIpc) is 2.25. The van der Waals surface area contributed by atoms with E-state index in [1.807, 2.05) is 0 Å². The first-order valence-corrected chi connectivity index (χ1v) is 5.19. The van der Waals surface area contributed by atoms with Crippen LogP contribution < -0.4 is 5.32 Å². The zero-order valence-electron chi connectivity index (χ0n) is 8.70. The highest BCUT2D eigenvalue weighted by Gasteiger charge is 2.19. The second-order valence-electron chi connectivity index (χ2n) is 3.22. The molecular weight excluding hydrogens is 232 g/mol. The van der Waals surface area contributed by atoms with Gasteiger partial charge in [0, 0.05) is 18.5 Å². The summed E-state index contributed by atoms with van der Waals surface area (Å²) in [6.07, 6.45) is 0. The van der Waals surface area contributed by atoms with E-state index in [-0.39, 0.29) is 23.7 Å². The fourth-order valence-electron chi connectivity index (χ4n) is 1.25. The second kappa shape index (κ2) is 5.46. The van der Waals surface area contributed by atoms with Crippen molar-refractivity contribution in [2.24, 2.45) is 0 Å². The number of amides is 1. The summed E-state index contributed by atoms with van der Waals surface area (Å²) in [7, 11) is 0. The summed E-state index contributed by atoms with van der Waals surface area (Å²) in [5, 5.41) is 13.2. The Kier molecular flexibility index (Phi) is 4.25. The van der Waals surface area contributed by atoms with Crippen molar-refractivity contribution in [1.29, 1.82) is 0 Å². The van der Waals surface area contributed by atoms with Crippen LogP contribution in [0.25, 0.3) is 0 Å². The van der Waals surface area contributed by atoms with Gasteiger partial charge < -0.3 is 5.32 Å². The van der Waals surface area contributed by atoms with Crippen LogP contribution in [-0.4, -0.2) is 23.3 Å². The number of nitrogens with one attached hydrogen (secondary N) is 1. The molecule has 0 aliphatic rings. The van der Waals surface area contributed by atoms with Gasteiger partial charge in [-0.3, -0.25) is 14.9 Å². The molecule has 0 aliphatic carbocycles. The second-order valence-corrected chi connectivity index (χ2v) is 3.60. The van der Waals surface area contributed by atoms with E-state index >= 15 is 0 Å². The fraction of sp³-hybridized carbons (Fsp3) is 0.300. The third-order valence-electron chi connectivity index (χ3n) is 1.97. The third-order valence-corrected chi connectivity index (χ3v) is 2.16. The maximum Gasteiger partial charge on any atom is 0.282 e. The molecule has 0 bridgehead atoms. The van der Waals surface area contributed by atoms with E-state index in [0.29, 0.717) is 0 Å². The number of carbonyl (C=O) groups excluding carboxylic acids is 1. The number of nitro groups is 1. The predicted octanol–water partition coefficient (Wildman–Crippen LogP) is 1.87. The zero-order chi connectivity index (χ0) is 12.1. The van der Waals surface area contributed by atoms with Gasteiger partial charge in [-0.25, -0.2) is 0 Å². The van der Waals surface area contributed by atoms with Crippen molar-refractivity contribution in [3.63, 3.8) is 0 Å². The summed E-state index contributed by atoms with van der Waals surface area (Å²) < 4.78 is 0. The summed E-state index contributed by atoms with van der Waals surface area (Å²) in [6.45, 7) is 2.05. The molecule has 1 aromatic carbocycles. The molecule has 0 aliphatic heterocycles. The Labute approximate surface area is 97.6 Å². The standard InChI is InChI=1S/C10H11ClN2O3/c1-7-2-3-9(13(15)16)8(6-7)10(14)12-5-4-11/h2-3,6H,4-5H2,1H3,(H,12,14). The van der Waals surface area contributed by atoms with Crippen LogP contribution in [0.2, 0.25) is 0 Å². The highest BCUT2D eigenvalue weighted by atomic mass is 35.5. The Hall–Kier alpha value is -1.62. The molecule has 1 rings (SSSR count). The number of carbonyl (C=O) groups is 1. The van der Waals surface area contributed by atoms with Crippen molar-refractivity contribution in [2.45, 2.75) is 6.92 Å². The van der Waals surface area contributed by atoms with Crippen LogP contribution in [0.4, 0.5) is 5.69 Å². The largest absolute Gasteiger partial charge is 0.351 e. The van der Waals surface area contributed by atoms with Crippen molar-refractivity contribution in [1.82, 2.24) is 5.32 Å². The van der Waals surface area contributed by atoms with Crippen LogP contribution >= 0.6 is 11.6 Å². The lowest BCUT2D eigenvalue weighted by Gasteiger charge is -2.04. The minimum absolute atomic E-state index is 0.0649. The molecule has 0 radical (unpaired) electrons. The Morgan fingerprint density at radius 3 is 2.81 bits per heavy atom. The van der Waals surface area contributed by atoms with E-state index in [0.717, 1.165) is 5.56 Å². The molecule has 0 aromatic heterocycles. The molecule has 0 saturated carbocycles. The van der Waals surface area contributed by atoms with Crippen LogP contribution in [0, 0.1) is 17.0 Å². The lowest BCUT2D eigenvalue weighted by Crippen LogP contribution is -2.26. The molecule has 1 N–H and O–H groups in total. The summed E-state index contributed by atoms with van der Waals surface area (Å²) in [5.74, 6) is -0.207. The minimum Gasteiger partial charge on any atom is -0.351 e. The Bertz CT molecular complexity index is 421. The van der Waals surface area contributed by atoms with Gasteiger partial charge in [0.05, 0.1) is 4.92 Å². The van der Waals surface area contributed by atoms with Gasteiger partial charge in [-0.2, -0.15) is 0 Å². The quantitative estimate of drug-likeness (QED) is 0.498. The van der Waals surface area contributed by atoms with Gasteiger partial charge in [0.25, 0.3) is 11.6 Å². The van der Waals surface area contributed by atoms with Crippen molar-refractivity contribution in [2.75, 3.05) is 12.4 Å². The maximum absolute atomic E-state index is 11.6. The molecule has 0 heterocycles. The van der Waals surface area contributed by atoms with Crippen LogP contribution in [0.3, 0.4) is 0 Å². The van der Waals surface area contributed by atoms with Gasteiger partial charge in [-0.15, -0.1) is 11.6 Å². The van der Waals surface area contributed by atoms with Gasteiger partial charge in [-0.05, 0) is 18.6 Å². The monoisotopic (exact) mass is 242 g/mol. The molecule has 0 fully saturated rings. The Morgan fingerprint density at radius 1 is 1.56 bits per heavy atom. The van der Waals surface area contributed by atoms with Gasteiger partial charge in [0.15, 0.2) is 0 Å². The van der Waals surface area contributed by atoms with Gasteiger partial charge >= 0.3 is 0 Å². The fourth-order valence-corrected chi connectivity index (χ4v) is 1.34. The number of alkyl halides is 1. The maximum atomic E-state index is 11.6. The molecule has 0 spiro atoms. The first kappa shape index (κ1) is 12.4. The van der Waals surface area contributed by atoms with Crippen molar-refractivity contribution in [3.05, 3.63) is 39.4 Å². The number of hydrogen-bond donors (Lipinski definition) is 1. The topological polar surface area (TPSA) is 72.2 Å². The van der Waals surface area contributed by atoms with Crippen LogP contribution in [-0.2, 0) is 0 Å². The molecule has 0 atom stereocenters. The van der Waals surface area contributed by atoms with Crippen molar-refractivity contribution < 1.29 is 9.72 Å². The Balaban J connectivity index is 3.04. The first-order valence-electron chi connectivity index (χ1n) is 4.65. The molecule has 0 unspecified atom stereocenters. The highest BCUT2D eigenvalue weighted by Crippen LogP contribution is 2.19. The number of nitro benzene ring substituents is 1. The van der Waals surface area contributed by atoms with Crippen LogP contribution in [0.5, 0.6) is 0 Å². The molecule has 86 valence electrons. The lowest BCUT2D eigenvalue weighted by atomic mass is 10.1. The first-order chi connectivity index (χ1) is 7.56. The van der Waals surface area contributed by atoms with Crippen LogP contribution in [0.1, 0.15) is 15.9 Å². The number of hydrogen-bond acceptors (Lipinski definition) is 3. The SMILES string of the molecule is Cc1ccc([N+](=O)[O-])c(C(=O)NCCCl)c1. The summed E-state index contributed by atoms with van der Waals surface area (Å²) in [4.78, 5) is 21.7. The number of benzene rings is 1. The van der Waals surface area contributed by atoms with Gasteiger partial charge in [0.1, 0.15) is 5.56 Å². The van der Waals surface area contributed by atoms with Gasteiger partial charge in [-0.1, -0.05) is 6.07 Å². The van der Waals surface area contributed by atoms with Crippen LogP contribution in [0.15, 0.2) is 18.2 Å². The molecule has 5 nitrogen and oxygen atoms in total. The van der Waals surface area contributed by atoms with Gasteiger partial charge in [0.2, 0.25) is 0 Å². The number of rotatable bonds is 4. The van der Waals surface area contributed by atoms with E-state index in [9.17, 15) is 14.9 Å². The molecule has 6 heteroatoms. The molecule has 16 heavy (non-hydrogen) atoms. The summed E-state index contributed by atoms with van der Waals surface area (Å²) in [6, 6.07) is 4.41. The van der Waals surface area contributed by atoms with E-state index in [4.69, 9.17) is 11.6 Å². The molecule has 1 amide bonds. The summed E-state index contributed by atoms with van der Waals surface area (Å²) in [5.41, 5.74) is 0.661. The zero-order valence-corrected chi connectivity index (χ0v) is 9.45. The number of nitrogens with zero attached hydrogens (tertiary/aromatic N) is 1. The highest BCUT2D eigenvalue weighted by molar-refractivity contribution is 6.18. The molecule has 1 aromatic rings. The van der Waals surface area contributed by atoms with E-state index in [2.05, 4.69) is 5.32 Å². The van der Waals surface area contributed by atoms with E-state index in [1.54, 1.807) is 13.0 Å². The minimum atomic E-state index is -0.574. The number of halogens is 1. The van der Waals surface area contributed by atoms with Crippen molar-refractivity contribution in [3.8, 4) is 0 Å². The third kappa shape index (κ3) is 2.93. The van der Waals surface area contributed by atoms with Crippen molar-refractivity contribution >= 4 is 23.2 Å². The predicted molar refractivity (Wildman–Crippen MR) is 60.9 cm³/mol. The smallest absolute Gasteiger partial charge is 0.282 e. The normalized spacial score (nSPS) is 9.88. The van der Waals surface area contributed by atoms with E-state index < -0.39 is 10.8 Å². The molecule has 0 saturated heterocycles. The lowest BCUT2D eigenvalue weighted by molar-refractivity contribution is -0.385. The average molecular weight is 243 g/mol. The molecular formula is C10H11ClN2O3. The summed E-state index contributed by atoms with van der Waals surface area (Å²) >= 11 is 5.42. The number of aryl methyl sites for hydroxylation is 1. The Morgan fingerprint density at radius 2 is 2.25 bits per heavy atom.